The van der Waals surface area contributed by atoms with Crippen molar-refractivity contribution in [3.63, 3.8) is 0 Å². The van der Waals surface area contributed by atoms with Gasteiger partial charge in [0, 0.05) is 42.9 Å². The lowest BCUT2D eigenvalue weighted by Gasteiger charge is -2.27. The third kappa shape index (κ3) is 6.61. The van der Waals surface area contributed by atoms with E-state index >= 15 is 0 Å². The minimum atomic E-state index is -4.55. The highest BCUT2D eigenvalue weighted by molar-refractivity contribution is 7.09. The van der Waals surface area contributed by atoms with Gasteiger partial charge in [-0.05, 0) is 36.0 Å². The summed E-state index contributed by atoms with van der Waals surface area (Å²) >= 11 is 1.39. The van der Waals surface area contributed by atoms with Crippen molar-refractivity contribution < 1.29 is 27.4 Å². The van der Waals surface area contributed by atoms with Crippen LogP contribution in [0.4, 0.5) is 13.2 Å². The number of carbonyl (C=O) groups is 1. The lowest BCUT2D eigenvalue weighted by Crippen LogP contribution is -2.36. The van der Waals surface area contributed by atoms with Gasteiger partial charge in [0.1, 0.15) is 0 Å². The number of morpholine rings is 1. The van der Waals surface area contributed by atoms with E-state index < -0.39 is 17.6 Å². The number of benzene rings is 1. The van der Waals surface area contributed by atoms with Gasteiger partial charge in [0.25, 0.3) is 5.91 Å². The molecular formula is C25H32F3N3O3S. The minimum absolute atomic E-state index is 0.0132. The van der Waals surface area contributed by atoms with E-state index in [1.54, 1.807) is 0 Å². The fraction of sp³-hybridized carbons (Fsp3) is 0.600. The van der Waals surface area contributed by atoms with Crippen molar-refractivity contribution in [2.75, 3.05) is 32.9 Å². The number of ether oxygens (including phenoxy) is 2. The van der Waals surface area contributed by atoms with Crippen molar-refractivity contribution in [1.82, 2.24) is 9.47 Å². The summed E-state index contributed by atoms with van der Waals surface area (Å²) in [7, 11) is 0. The normalized spacial score (nSPS) is 20.5. The predicted molar refractivity (Wildman–Crippen MR) is 127 cm³/mol. The molecule has 2 saturated heterocycles. The Morgan fingerprint density at radius 1 is 1.17 bits per heavy atom. The van der Waals surface area contributed by atoms with Gasteiger partial charge in [-0.25, -0.2) is 0 Å². The number of hydrogen-bond acceptors (Lipinski definition) is 5. The number of thiazole rings is 1. The molecule has 1 atom stereocenters. The molecule has 0 spiro atoms. The number of rotatable bonds is 5. The first-order chi connectivity index (χ1) is 16.5. The van der Waals surface area contributed by atoms with Crippen LogP contribution in [0.2, 0.25) is 0 Å². The Morgan fingerprint density at radius 2 is 1.91 bits per heavy atom. The summed E-state index contributed by atoms with van der Waals surface area (Å²) in [5.41, 5.74) is -0.486. The Labute approximate surface area is 207 Å². The first kappa shape index (κ1) is 26.1. The number of amides is 1. The van der Waals surface area contributed by atoms with Crippen LogP contribution in [-0.2, 0) is 34.2 Å². The third-order valence-electron chi connectivity index (χ3n) is 6.25. The Kier molecular flexibility index (Phi) is 7.85. The molecule has 2 aliphatic rings. The molecule has 10 heteroatoms. The summed E-state index contributed by atoms with van der Waals surface area (Å²) in [6, 6.07) is 3.37. The highest BCUT2D eigenvalue weighted by atomic mass is 32.1. The van der Waals surface area contributed by atoms with Crippen LogP contribution in [0.15, 0.2) is 29.4 Å². The molecule has 192 valence electrons. The Balaban J connectivity index is 1.72. The molecule has 0 radical (unpaired) electrons. The molecule has 2 fully saturated rings. The van der Waals surface area contributed by atoms with Gasteiger partial charge in [-0.1, -0.05) is 26.8 Å². The average molecular weight is 512 g/mol. The molecule has 0 unspecified atom stereocenters. The Morgan fingerprint density at radius 3 is 2.54 bits per heavy atom. The maximum absolute atomic E-state index is 13.5. The number of hydrogen-bond donors (Lipinski definition) is 0. The van der Waals surface area contributed by atoms with Crippen molar-refractivity contribution in [2.24, 2.45) is 4.99 Å². The highest BCUT2D eigenvalue weighted by Crippen LogP contribution is 2.31. The van der Waals surface area contributed by atoms with Crippen LogP contribution in [0.25, 0.3) is 0 Å². The summed E-state index contributed by atoms with van der Waals surface area (Å²) in [4.78, 5) is 21.3. The van der Waals surface area contributed by atoms with E-state index in [1.165, 1.54) is 17.4 Å². The molecule has 2 aromatic rings. The van der Waals surface area contributed by atoms with Crippen LogP contribution < -0.4 is 4.80 Å². The number of carbonyl (C=O) groups excluding carboxylic acids is 1. The summed E-state index contributed by atoms with van der Waals surface area (Å²) in [6.45, 7) is 10.3. The third-order valence-corrected chi connectivity index (χ3v) is 7.69. The van der Waals surface area contributed by atoms with Gasteiger partial charge in [0.2, 0.25) is 0 Å². The number of nitrogens with zero attached hydrogens (tertiary/aromatic N) is 3. The van der Waals surface area contributed by atoms with E-state index in [-0.39, 0.29) is 17.1 Å². The van der Waals surface area contributed by atoms with E-state index in [4.69, 9.17) is 9.47 Å². The lowest BCUT2D eigenvalue weighted by molar-refractivity contribution is -0.137. The minimum Gasteiger partial charge on any atom is -0.379 e. The van der Waals surface area contributed by atoms with Crippen LogP contribution >= 0.6 is 11.3 Å². The van der Waals surface area contributed by atoms with E-state index in [0.717, 1.165) is 29.9 Å². The van der Waals surface area contributed by atoms with Gasteiger partial charge < -0.3 is 14.0 Å². The van der Waals surface area contributed by atoms with E-state index in [1.807, 2.05) is 10.8 Å². The molecule has 1 aromatic carbocycles. The van der Waals surface area contributed by atoms with E-state index in [9.17, 15) is 18.0 Å². The maximum Gasteiger partial charge on any atom is 0.416 e. The molecule has 0 aliphatic carbocycles. The van der Waals surface area contributed by atoms with Gasteiger partial charge >= 0.3 is 6.18 Å². The van der Waals surface area contributed by atoms with Crippen molar-refractivity contribution in [3.05, 3.63) is 50.8 Å². The quantitative estimate of drug-likeness (QED) is 0.588. The standard InChI is InChI=1S/C25H32F3N3O3S/c1-24(2,3)21-16-31(15-19-5-4-10-34-19)23(35-21)29-22(32)20-13-18(25(26,27)28)7-6-17(20)14-30-8-11-33-12-9-30/h6-7,13,16,19H,4-5,8-12,14-15H2,1-3H3/t19-/m1/s1. The fourth-order valence-corrected chi connectivity index (χ4v) is 5.25. The number of alkyl halides is 3. The zero-order chi connectivity index (χ0) is 25.2. The van der Waals surface area contributed by atoms with Gasteiger partial charge in [-0.15, -0.1) is 11.3 Å². The molecule has 35 heavy (non-hydrogen) atoms. The van der Waals surface area contributed by atoms with Crippen molar-refractivity contribution in [1.29, 1.82) is 0 Å². The van der Waals surface area contributed by atoms with Crippen LogP contribution in [0.5, 0.6) is 0 Å². The van der Waals surface area contributed by atoms with E-state index in [0.29, 0.717) is 56.4 Å². The van der Waals surface area contributed by atoms with Gasteiger partial charge in [-0.3, -0.25) is 9.69 Å². The summed E-state index contributed by atoms with van der Waals surface area (Å²) in [5.74, 6) is -0.664. The Hall–Kier alpha value is -2.01. The molecule has 0 saturated carbocycles. The second-order valence-corrected chi connectivity index (χ2v) is 11.1. The van der Waals surface area contributed by atoms with Crippen LogP contribution in [-0.4, -0.2) is 54.4 Å². The second-order valence-electron chi connectivity index (χ2n) is 10.1. The molecule has 0 N–H and O–H groups in total. The van der Waals surface area contributed by atoms with Gasteiger partial charge in [0.05, 0.1) is 31.4 Å². The molecule has 1 amide bonds. The van der Waals surface area contributed by atoms with Gasteiger partial charge in [0.15, 0.2) is 4.80 Å². The highest BCUT2D eigenvalue weighted by Gasteiger charge is 2.32. The first-order valence-corrected chi connectivity index (χ1v) is 12.7. The molecule has 3 heterocycles. The molecular weight excluding hydrogens is 479 g/mol. The van der Waals surface area contributed by atoms with Gasteiger partial charge in [-0.2, -0.15) is 18.2 Å². The topological polar surface area (TPSA) is 56.1 Å². The second kappa shape index (κ2) is 10.5. The van der Waals surface area contributed by atoms with Crippen LogP contribution in [0.1, 0.15) is 60.0 Å². The summed E-state index contributed by atoms with van der Waals surface area (Å²) in [6.07, 6.45) is -0.606. The molecule has 0 bridgehead atoms. The zero-order valence-electron chi connectivity index (χ0n) is 20.4. The number of aromatic nitrogens is 1. The molecule has 2 aliphatic heterocycles. The monoisotopic (exact) mass is 511 g/mol. The largest absolute Gasteiger partial charge is 0.416 e. The smallest absolute Gasteiger partial charge is 0.379 e. The average Bonchev–Trinajstić information content (AvgIpc) is 3.44. The van der Waals surface area contributed by atoms with Crippen LogP contribution in [0.3, 0.4) is 0 Å². The maximum atomic E-state index is 13.5. The fourth-order valence-electron chi connectivity index (χ4n) is 4.19. The molecule has 6 nitrogen and oxygen atoms in total. The van der Waals surface area contributed by atoms with E-state index in [2.05, 4.69) is 30.7 Å². The Bertz CT molecular complexity index is 1110. The zero-order valence-corrected chi connectivity index (χ0v) is 21.2. The predicted octanol–water partition coefficient (Wildman–Crippen LogP) is 4.62. The molecule has 4 rings (SSSR count). The lowest BCUT2D eigenvalue weighted by atomic mass is 9.95. The SMILES string of the molecule is CC(C)(C)c1cn(C[C@H]2CCCO2)c(=NC(=O)c2cc(C(F)(F)F)ccc2CN2CCOCC2)s1. The summed E-state index contributed by atoms with van der Waals surface area (Å²) < 4.78 is 53.5. The van der Waals surface area contributed by atoms with Crippen molar-refractivity contribution in [3.8, 4) is 0 Å². The first-order valence-electron chi connectivity index (χ1n) is 11.9. The number of halogens is 3. The van der Waals surface area contributed by atoms with Crippen LogP contribution in [0, 0.1) is 0 Å². The summed E-state index contributed by atoms with van der Waals surface area (Å²) in [5, 5.41) is 0. The molecule has 1 aromatic heterocycles. The van der Waals surface area contributed by atoms with Crippen molar-refractivity contribution in [2.45, 2.75) is 64.4 Å². The van der Waals surface area contributed by atoms with Crippen molar-refractivity contribution >= 4 is 17.2 Å².